The van der Waals surface area contributed by atoms with Crippen LogP contribution in [0.5, 0.6) is 0 Å². The molecule has 3 aliphatic rings. The number of alkyl carbamates (subject to hydrolysis) is 1. The Morgan fingerprint density at radius 3 is 2.58 bits per heavy atom. The van der Waals surface area contributed by atoms with Gasteiger partial charge in [0.1, 0.15) is 12.3 Å². The summed E-state index contributed by atoms with van der Waals surface area (Å²) in [5.41, 5.74) is 1.89. The first-order valence-corrected chi connectivity index (χ1v) is 16.4. The van der Waals surface area contributed by atoms with Crippen LogP contribution < -0.4 is 16.0 Å². The van der Waals surface area contributed by atoms with Gasteiger partial charge < -0.3 is 25.8 Å². The average molecular weight is 621 g/mol. The van der Waals surface area contributed by atoms with Crippen molar-refractivity contribution in [2.45, 2.75) is 89.0 Å². The summed E-state index contributed by atoms with van der Waals surface area (Å²) in [6.45, 7) is 2.17. The van der Waals surface area contributed by atoms with Crippen LogP contribution in [0.3, 0.4) is 0 Å². The molecule has 2 aliphatic carbocycles. The number of carboxylic acids is 1. The number of nitrogens with zero attached hydrogens (tertiary/aromatic N) is 3. The standard InChI is InChI=1S/C29H44N6O7S/c1-17(36)32-28-18(16-43-25(28)5-3-4-6-27(39)40)13-19(37)11-12-31-26(38)14-35-24-10-8-21-20(7-9-23(24)33-34-35)22(21)15-42-29(41)30-2/h18,20-22,25,28H,3-16H2,1-2H3,(H,30,41)(H,31,38)(H,32,36)(H,39,40). The van der Waals surface area contributed by atoms with Crippen molar-refractivity contribution in [1.29, 1.82) is 0 Å². The van der Waals surface area contributed by atoms with E-state index in [1.165, 1.54) is 6.92 Å². The van der Waals surface area contributed by atoms with Gasteiger partial charge in [-0.1, -0.05) is 11.6 Å². The van der Waals surface area contributed by atoms with Crippen LogP contribution in [0.15, 0.2) is 0 Å². The van der Waals surface area contributed by atoms with Gasteiger partial charge >= 0.3 is 12.1 Å². The van der Waals surface area contributed by atoms with Crippen molar-refractivity contribution >= 4 is 41.4 Å². The molecule has 43 heavy (non-hydrogen) atoms. The molecule has 0 radical (unpaired) electrons. The largest absolute Gasteiger partial charge is 0.481 e. The Morgan fingerprint density at radius 2 is 1.86 bits per heavy atom. The molecule has 14 heteroatoms. The zero-order valence-electron chi connectivity index (χ0n) is 25.0. The number of hydrogen-bond donors (Lipinski definition) is 4. The van der Waals surface area contributed by atoms with E-state index in [9.17, 15) is 24.0 Å². The molecule has 1 aromatic heterocycles. The summed E-state index contributed by atoms with van der Waals surface area (Å²) >= 11 is 1.73. The fourth-order valence-electron chi connectivity index (χ4n) is 6.64. The molecule has 4 N–H and O–H groups in total. The second-order valence-electron chi connectivity index (χ2n) is 11.9. The van der Waals surface area contributed by atoms with E-state index in [2.05, 4.69) is 26.3 Å². The quantitative estimate of drug-likeness (QED) is 0.211. The fraction of sp³-hybridized carbons (Fsp3) is 0.759. The molecule has 238 valence electrons. The molecule has 6 atom stereocenters. The highest BCUT2D eigenvalue weighted by molar-refractivity contribution is 8.00. The summed E-state index contributed by atoms with van der Waals surface area (Å²) in [6.07, 6.45) is 5.85. The van der Waals surface area contributed by atoms with Crippen molar-refractivity contribution in [3.63, 3.8) is 0 Å². The van der Waals surface area contributed by atoms with Gasteiger partial charge in [0, 0.05) is 51.1 Å². The van der Waals surface area contributed by atoms with Crippen LogP contribution in [-0.2, 0) is 43.3 Å². The van der Waals surface area contributed by atoms with Crippen LogP contribution in [0.4, 0.5) is 4.79 Å². The van der Waals surface area contributed by atoms with Crippen LogP contribution in [0.2, 0.25) is 0 Å². The molecule has 6 unspecified atom stereocenters. The first-order chi connectivity index (χ1) is 20.7. The Labute approximate surface area is 256 Å². The molecule has 1 aromatic rings. The van der Waals surface area contributed by atoms with Crippen molar-refractivity contribution in [3.05, 3.63) is 11.4 Å². The van der Waals surface area contributed by atoms with Crippen LogP contribution >= 0.6 is 11.8 Å². The second kappa shape index (κ2) is 15.5. The molecule has 0 aromatic carbocycles. The van der Waals surface area contributed by atoms with E-state index < -0.39 is 12.1 Å². The SMILES string of the molecule is CNC(=O)OCC1C2CCc3nnn(CC(=O)NCCC(=O)CC4CSC(CCCCC(=O)O)C4NC(C)=O)c3CCC21. The van der Waals surface area contributed by atoms with E-state index >= 15 is 0 Å². The Hall–Kier alpha value is -3.16. The molecule has 2 heterocycles. The molecule has 1 saturated carbocycles. The number of rotatable bonds is 15. The predicted molar refractivity (Wildman–Crippen MR) is 158 cm³/mol. The lowest BCUT2D eigenvalue weighted by Crippen LogP contribution is -2.43. The first-order valence-electron chi connectivity index (χ1n) is 15.3. The highest BCUT2D eigenvalue weighted by Gasteiger charge is 2.50. The van der Waals surface area contributed by atoms with Crippen LogP contribution in [0.25, 0.3) is 0 Å². The van der Waals surface area contributed by atoms with Gasteiger partial charge in [-0.2, -0.15) is 11.8 Å². The normalized spacial score (nSPS) is 25.8. The lowest BCUT2D eigenvalue weighted by molar-refractivity contribution is -0.137. The summed E-state index contributed by atoms with van der Waals surface area (Å²) in [7, 11) is 1.55. The number of ketones is 1. The zero-order valence-corrected chi connectivity index (χ0v) is 25.8. The summed E-state index contributed by atoms with van der Waals surface area (Å²) in [5.74, 6) is 1.02. The maximum absolute atomic E-state index is 12.8. The number of ether oxygens (including phenoxy) is 1. The van der Waals surface area contributed by atoms with Crippen molar-refractivity contribution in [1.82, 2.24) is 30.9 Å². The van der Waals surface area contributed by atoms with E-state index in [1.807, 2.05) is 0 Å². The van der Waals surface area contributed by atoms with E-state index in [1.54, 1.807) is 23.5 Å². The second-order valence-corrected chi connectivity index (χ2v) is 13.2. The monoisotopic (exact) mass is 620 g/mol. The molecular weight excluding hydrogens is 576 g/mol. The smallest absolute Gasteiger partial charge is 0.406 e. The van der Waals surface area contributed by atoms with E-state index in [-0.39, 0.29) is 60.7 Å². The third-order valence-electron chi connectivity index (χ3n) is 8.91. The van der Waals surface area contributed by atoms with E-state index in [0.29, 0.717) is 37.2 Å². The zero-order chi connectivity index (χ0) is 30.9. The average Bonchev–Trinajstić information content (AvgIpc) is 3.24. The number of carbonyl (C=O) groups excluding carboxylic acids is 4. The third-order valence-corrected chi connectivity index (χ3v) is 10.5. The number of unbranched alkanes of at least 4 members (excludes halogenated alkanes) is 1. The van der Waals surface area contributed by atoms with Crippen LogP contribution in [0, 0.1) is 23.7 Å². The Balaban J connectivity index is 1.18. The number of hydrogen-bond acceptors (Lipinski definition) is 9. The van der Waals surface area contributed by atoms with Crippen molar-refractivity contribution in [2.75, 3.05) is 26.0 Å². The number of fused-ring (bicyclic) bond motifs is 2. The van der Waals surface area contributed by atoms with Gasteiger partial charge in [0.25, 0.3) is 0 Å². The molecule has 0 spiro atoms. The maximum atomic E-state index is 12.8. The van der Waals surface area contributed by atoms with Crippen LogP contribution in [0.1, 0.15) is 69.7 Å². The van der Waals surface area contributed by atoms with Gasteiger partial charge in [-0.15, -0.1) is 5.10 Å². The molecule has 1 aliphatic heterocycles. The first kappa shape index (κ1) is 32.7. The molecule has 1 saturated heterocycles. The summed E-state index contributed by atoms with van der Waals surface area (Å²) in [4.78, 5) is 59.6. The fourth-order valence-corrected chi connectivity index (χ4v) is 8.29. The highest BCUT2D eigenvalue weighted by Crippen LogP contribution is 2.52. The molecule has 2 fully saturated rings. The molecule has 0 bridgehead atoms. The van der Waals surface area contributed by atoms with Gasteiger partial charge in [-0.25, -0.2) is 9.48 Å². The highest BCUT2D eigenvalue weighted by atomic mass is 32.2. The lowest BCUT2D eigenvalue weighted by atomic mass is 9.91. The minimum absolute atomic E-state index is 0.0114. The van der Waals surface area contributed by atoms with Gasteiger partial charge in [0.15, 0.2) is 0 Å². The number of thioether (sulfide) groups is 1. The third kappa shape index (κ3) is 9.41. The van der Waals surface area contributed by atoms with Gasteiger partial charge in [-0.3, -0.25) is 19.2 Å². The number of Topliss-reactive ketones (excluding diaryl/α,β-unsaturated/α-hetero) is 1. The van der Waals surface area contributed by atoms with Crippen molar-refractivity contribution < 1.29 is 33.8 Å². The van der Waals surface area contributed by atoms with E-state index in [0.717, 1.165) is 55.7 Å². The van der Waals surface area contributed by atoms with Crippen LogP contribution in [-0.4, -0.2) is 87.0 Å². The summed E-state index contributed by atoms with van der Waals surface area (Å²) < 4.78 is 6.93. The number of aromatic nitrogens is 3. The molecular formula is C29H44N6O7S. The molecule has 4 rings (SSSR count). The van der Waals surface area contributed by atoms with Crippen molar-refractivity contribution in [2.24, 2.45) is 23.7 Å². The van der Waals surface area contributed by atoms with E-state index in [4.69, 9.17) is 9.84 Å². The lowest BCUT2D eigenvalue weighted by Gasteiger charge is -2.24. The number of aryl methyl sites for hydroxylation is 1. The summed E-state index contributed by atoms with van der Waals surface area (Å²) in [6, 6.07) is -0.123. The van der Waals surface area contributed by atoms with Gasteiger partial charge in [0.05, 0.1) is 18.0 Å². The number of aliphatic carboxylic acids is 1. The topological polar surface area (TPSA) is 182 Å². The number of amides is 3. The molecule has 3 amide bonds. The van der Waals surface area contributed by atoms with Gasteiger partial charge in [-0.05, 0) is 67.9 Å². The number of nitrogens with one attached hydrogen (secondary N) is 3. The molecule has 13 nitrogen and oxygen atoms in total. The van der Waals surface area contributed by atoms with Crippen molar-refractivity contribution in [3.8, 4) is 0 Å². The number of carboxylic acid groups (broad SMARTS) is 1. The predicted octanol–water partition coefficient (Wildman–Crippen LogP) is 1.72. The Bertz CT molecular complexity index is 1180. The minimum Gasteiger partial charge on any atom is -0.481 e. The Kier molecular flexibility index (Phi) is 11.8. The Morgan fingerprint density at radius 1 is 1.09 bits per heavy atom. The maximum Gasteiger partial charge on any atom is 0.406 e. The summed E-state index contributed by atoms with van der Waals surface area (Å²) in [5, 5.41) is 25.9. The number of carbonyl (C=O) groups is 5. The van der Waals surface area contributed by atoms with Gasteiger partial charge in [0.2, 0.25) is 11.8 Å². The minimum atomic E-state index is -0.809.